The number of hydrogen-bond acceptors (Lipinski definition) is 4. The molecule has 1 heterocycles. The number of anilines is 1. The quantitative estimate of drug-likeness (QED) is 0.896. The van der Waals surface area contributed by atoms with Crippen LogP contribution in [-0.4, -0.2) is 11.6 Å². The number of benzene rings is 1. The second kappa shape index (κ2) is 6.07. The Kier molecular flexibility index (Phi) is 4.44. The van der Waals surface area contributed by atoms with Crippen molar-refractivity contribution in [1.29, 1.82) is 0 Å². The minimum Gasteiger partial charge on any atom is -0.492 e. The van der Waals surface area contributed by atoms with Crippen molar-refractivity contribution >= 4 is 28.6 Å². The van der Waals surface area contributed by atoms with Crippen LogP contribution in [0, 0.1) is 6.92 Å². The van der Waals surface area contributed by atoms with E-state index in [1.807, 2.05) is 38.2 Å². The van der Waals surface area contributed by atoms with Crippen LogP contribution in [0.15, 0.2) is 24.4 Å². The zero-order valence-electron chi connectivity index (χ0n) is 10.4. The number of thiazole rings is 1. The molecule has 0 radical (unpaired) electrons. The number of hydrogen-bond donors (Lipinski definition) is 1. The lowest BCUT2D eigenvalue weighted by atomic mass is 10.3. The standard InChI is InChI=1S/C13H15ClN2OS/c1-3-17-13-5-4-10(14)6-12(13)16-8-11-7-15-9(2)18-11/h4-7,16H,3,8H2,1-2H3. The predicted octanol–water partition coefficient (Wildman–Crippen LogP) is 4.12. The third-order valence-electron chi connectivity index (χ3n) is 2.36. The molecule has 0 unspecified atom stereocenters. The normalized spacial score (nSPS) is 10.4. The fourth-order valence-electron chi connectivity index (χ4n) is 1.59. The predicted molar refractivity (Wildman–Crippen MR) is 76.8 cm³/mol. The number of halogens is 1. The first-order valence-corrected chi connectivity index (χ1v) is 6.96. The molecule has 0 amide bonds. The Labute approximate surface area is 116 Å². The molecule has 0 saturated carbocycles. The third kappa shape index (κ3) is 3.37. The molecule has 0 atom stereocenters. The SMILES string of the molecule is CCOc1ccc(Cl)cc1NCc1cnc(C)s1. The van der Waals surface area contributed by atoms with Crippen molar-refractivity contribution in [1.82, 2.24) is 4.98 Å². The van der Waals surface area contributed by atoms with Gasteiger partial charge in [-0.15, -0.1) is 11.3 Å². The van der Waals surface area contributed by atoms with Gasteiger partial charge in [0.15, 0.2) is 0 Å². The number of nitrogens with one attached hydrogen (secondary N) is 1. The zero-order valence-corrected chi connectivity index (χ0v) is 11.9. The van der Waals surface area contributed by atoms with Gasteiger partial charge in [0.05, 0.1) is 23.8 Å². The summed E-state index contributed by atoms with van der Waals surface area (Å²) in [5.41, 5.74) is 0.912. The lowest BCUT2D eigenvalue weighted by molar-refractivity contribution is 0.341. The van der Waals surface area contributed by atoms with Crippen molar-refractivity contribution in [3.05, 3.63) is 39.3 Å². The maximum Gasteiger partial charge on any atom is 0.142 e. The minimum atomic E-state index is 0.635. The lowest BCUT2D eigenvalue weighted by Gasteiger charge is -2.12. The summed E-state index contributed by atoms with van der Waals surface area (Å²) in [5, 5.41) is 5.10. The van der Waals surface area contributed by atoms with Gasteiger partial charge in [-0.05, 0) is 32.0 Å². The highest BCUT2D eigenvalue weighted by molar-refractivity contribution is 7.11. The summed E-state index contributed by atoms with van der Waals surface area (Å²) >= 11 is 7.68. The first-order valence-electron chi connectivity index (χ1n) is 5.76. The lowest BCUT2D eigenvalue weighted by Crippen LogP contribution is -2.01. The maximum absolute atomic E-state index is 6.00. The van der Waals surface area contributed by atoms with Crippen LogP contribution in [0.25, 0.3) is 0 Å². The summed E-state index contributed by atoms with van der Waals surface area (Å²) in [6.07, 6.45) is 1.89. The molecule has 1 aromatic carbocycles. The van der Waals surface area contributed by atoms with Crippen LogP contribution in [0.2, 0.25) is 5.02 Å². The number of ether oxygens (including phenoxy) is 1. The van der Waals surface area contributed by atoms with Gasteiger partial charge in [0.1, 0.15) is 5.75 Å². The number of aryl methyl sites for hydroxylation is 1. The second-order valence-electron chi connectivity index (χ2n) is 3.77. The Balaban J connectivity index is 2.09. The Morgan fingerprint density at radius 2 is 2.28 bits per heavy atom. The highest BCUT2D eigenvalue weighted by Gasteiger charge is 2.05. The van der Waals surface area contributed by atoms with E-state index < -0.39 is 0 Å². The average Bonchev–Trinajstić information content (AvgIpc) is 2.76. The Hall–Kier alpha value is -1.26. The van der Waals surface area contributed by atoms with Crippen molar-refractivity contribution < 1.29 is 4.74 Å². The molecule has 0 fully saturated rings. The number of rotatable bonds is 5. The summed E-state index contributed by atoms with van der Waals surface area (Å²) in [5.74, 6) is 0.822. The van der Waals surface area contributed by atoms with Gasteiger partial charge in [-0.3, -0.25) is 0 Å². The number of aromatic nitrogens is 1. The van der Waals surface area contributed by atoms with Gasteiger partial charge in [0, 0.05) is 16.1 Å². The van der Waals surface area contributed by atoms with E-state index in [0.29, 0.717) is 11.6 Å². The van der Waals surface area contributed by atoms with Crippen LogP contribution in [0.3, 0.4) is 0 Å². The van der Waals surface area contributed by atoms with Crippen LogP contribution in [0.1, 0.15) is 16.8 Å². The summed E-state index contributed by atoms with van der Waals surface area (Å²) in [4.78, 5) is 5.42. The van der Waals surface area contributed by atoms with Gasteiger partial charge >= 0.3 is 0 Å². The zero-order chi connectivity index (χ0) is 13.0. The van der Waals surface area contributed by atoms with Crippen molar-refractivity contribution in [3.8, 4) is 5.75 Å². The molecule has 0 aliphatic heterocycles. The van der Waals surface area contributed by atoms with Crippen molar-refractivity contribution in [2.75, 3.05) is 11.9 Å². The van der Waals surface area contributed by atoms with E-state index in [2.05, 4.69) is 10.3 Å². The van der Waals surface area contributed by atoms with Gasteiger partial charge in [-0.2, -0.15) is 0 Å². The maximum atomic E-state index is 6.00. The third-order valence-corrected chi connectivity index (χ3v) is 3.51. The first kappa shape index (κ1) is 13.2. The average molecular weight is 283 g/mol. The van der Waals surface area contributed by atoms with Crippen LogP contribution < -0.4 is 10.1 Å². The second-order valence-corrected chi connectivity index (χ2v) is 5.53. The smallest absolute Gasteiger partial charge is 0.142 e. The first-order chi connectivity index (χ1) is 8.69. The highest BCUT2D eigenvalue weighted by atomic mass is 35.5. The van der Waals surface area contributed by atoms with Crippen molar-refractivity contribution in [2.45, 2.75) is 20.4 Å². The topological polar surface area (TPSA) is 34.1 Å². The van der Waals surface area contributed by atoms with E-state index >= 15 is 0 Å². The van der Waals surface area contributed by atoms with E-state index in [4.69, 9.17) is 16.3 Å². The molecule has 1 aromatic heterocycles. The highest BCUT2D eigenvalue weighted by Crippen LogP contribution is 2.28. The molecule has 3 nitrogen and oxygen atoms in total. The van der Waals surface area contributed by atoms with Crippen LogP contribution in [0.4, 0.5) is 5.69 Å². The molecule has 0 aliphatic rings. The Morgan fingerprint density at radius 1 is 1.44 bits per heavy atom. The van der Waals surface area contributed by atoms with E-state index in [0.717, 1.165) is 23.0 Å². The molecule has 0 aliphatic carbocycles. The minimum absolute atomic E-state index is 0.635. The van der Waals surface area contributed by atoms with E-state index in [1.54, 1.807) is 11.3 Å². The van der Waals surface area contributed by atoms with Gasteiger partial charge in [0.25, 0.3) is 0 Å². The van der Waals surface area contributed by atoms with Gasteiger partial charge in [0.2, 0.25) is 0 Å². The molecule has 0 spiro atoms. The number of nitrogens with zero attached hydrogens (tertiary/aromatic N) is 1. The van der Waals surface area contributed by atoms with E-state index in [9.17, 15) is 0 Å². The molecule has 2 aromatic rings. The molecule has 1 N–H and O–H groups in total. The van der Waals surface area contributed by atoms with E-state index in [-0.39, 0.29) is 0 Å². The van der Waals surface area contributed by atoms with Gasteiger partial charge in [-0.25, -0.2) is 4.98 Å². The molecule has 2 rings (SSSR count). The fraction of sp³-hybridized carbons (Fsp3) is 0.308. The molecule has 96 valence electrons. The van der Waals surface area contributed by atoms with Crippen LogP contribution >= 0.6 is 22.9 Å². The molecular formula is C13H15ClN2OS. The Morgan fingerprint density at radius 3 is 2.94 bits per heavy atom. The molecule has 5 heteroatoms. The van der Waals surface area contributed by atoms with Crippen molar-refractivity contribution in [3.63, 3.8) is 0 Å². The summed E-state index contributed by atoms with van der Waals surface area (Å²) in [7, 11) is 0. The van der Waals surface area contributed by atoms with Gasteiger partial charge < -0.3 is 10.1 Å². The summed E-state index contributed by atoms with van der Waals surface area (Å²) in [6, 6.07) is 5.58. The molecule has 0 saturated heterocycles. The largest absolute Gasteiger partial charge is 0.492 e. The fourth-order valence-corrected chi connectivity index (χ4v) is 2.50. The van der Waals surface area contributed by atoms with Crippen LogP contribution in [0.5, 0.6) is 5.75 Å². The monoisotopic (exact) mass is 282 g/mol. The van der Waals surface area contributed by atoms with Crippen LogP contribution in [-0.2, 0) is 6.54 Å². The molecular weight excluding hydrogens is 268 g/mol. The van der Waals surface area contributed by atoms with Crippen molar-refractivity contribution in [2.24, 2.45) is 0 Å². The summed E-state index contributed by atoms with van der Waals surface area (Å²) < 4.78 is 5.55. The summed E-state index contributed by atoms with van der Waals surface area (Å²) in [6.45, 7) is 5.33. The Bertz CT molecular complexity index is 527. The molecule has 0 bridgehead atoms. The molecule has 18 heavy (non-hydrogen) atoms. The van der Waals surface area contributed by atoms with E-state index in [1.165, 1.54) is 4.88 Å². The van der Waals surface area contributed by atoms with Gasteiger partial charge in [-0.1, -0.05) is 11.6 Å².